The number of aryl methyl sites for hydroxylation is 2. The van der Waals surface area contributed by atoms with Crippen molar-refractivity contribution >= 4 is 89.1 Å². The number of nitrogens with zero attached hydrogens (tertiary/aromatic N) is 8. The van der Waals surface area contributed by atoms with E-state index < -0.39 is 17.6 Å². The minimum Gasteiger partial charge on any atom is -0.512 e. The first-order chi connectivity index (χ1) is 65.3. The van der Waals surface area contributed by atoms with Crippen LogP contribution in [0.3, 0.4) is 0 Å². The molecule has 6 radical (unpaired) electrons. The van der Waals surface area contributed by atoms with E-state index in [-0.39, 0.29) is 167 Å². The summed E-state index contributed by atoms with van der Waals surface area (Å²) >= 11 is 1.73. The van der Waals surface area contributed by atoms with E-state index in [1.807, 2.05) is 171 Å². The fraction of sp³-hybridized carbons (Fsp3) is 0.103. The third kappa shape index (κ3) is 44.7. The molecule has 0 saturated carbocycles. The Hall–Kier alpha value is -12.7. The number of thiophene rings is 1. The number of rotatable bonds is 12. The summed E-state index contributed by atoms with van der Waals surface area (Å²) in [6.07, 6.45) is 23.6. The molecule has 141 heavy (non-hydrogen) atoms. The molecule has 16 nitrogen and oxygen atoms in total. The summed E-state index contributed by atoms with van der Waals surface area (Å²) in [5.74, 6) is -2.46. The number of aliphatic hydroxyl groups excluding tert-OH is 3. The zero-order valence-electron chi connectivity index (χ0n) is 78.1. The number of para-hydroxylation sites is 2. The number of carboxylic acid groups (broad SMARTS) is 1. The summed E-state index contributed by atoms with van der Waals surface area (Å²) in [5.41, 5.74) is 19.1. The number of hydrogen-bond donors (Lipinski definition) is 4. The summed E-state index contributed by atoms with van der Waals surface area (Å²) < 4.78 is 27.1. The maximum atomic E-state index is 13.2. The molecule has 9 aromatic heterocycles. The summed E-state index contributed by atoms with van der Waals surface area (Å²) in [7, 11) is 0. The monoisotopic (exact) mass is 2960 g/mol. The second kappa shape index (κ2) is 67.6. The number of carboxylic acids is 1. The maximum Gasteiger partial charge on any atom is 0.354 e. The quantitative estimate of drug-likeness (QED) is 0.0504. The van der Waals surface area contributed by atoms with Crippen LogP contribution >= 0.6 is 11.3 Å². The summed E-state index contributed by atoms with van der Waals surface area (Å²) in [6.45, 7) is 14.6. The molecular formula is C116H99F2Ir6N8O8S-7. The van der Waals surface area contributed by atoms with Crippen molar-refractivity contribution in [2.45, 2.75) is 81.6 Å². The van der Waals surface area contributed by atoms with E-state index in [1.165, 1.54) is 122 Å². The number of aliphatic hydroxyl groups is 3. The van der Waals surface area contributed by atoms with Crippen LogP contribution in [0.5, 0.6) is 0 Å². The number of fused-ring (bicyclic) bond motifs is 4. The molecule has 0 spiro atoms. The third-order valence-electron chi connectivity index (χ3n) is 18.4. The van der Waals surface area contributed by atoms with Crippen LogP contribution in [0.25, 0.3) is 121 Å². The minimum atomic E-state index is -0.990. The normalized spacial score (nSPS) is 10.6. The van der Waals surface area contributed by atoms with Crippen LogP contribution < -0.4 is 0 Å². The SMILES string of the molecule is CC(=O)C=C(C)O.CC(=O)C=C(C)O.CC(=O)C=C(C)O.C[C-]=Cc1ccc2ccccc2n1.Cc1[c-]c(-c2ccc3cc(-c4ccccc4)ccc3n2)cc(C)c1.Fc1c[c-]c(-c2ccccn2)c(F)c1.O=C(O)c1ccccn1.[C-]1=C(c2ccc3ccccc3n2)CCC1.[Ir].[Ir].[Ir].[Ir].[Ir].[Ir].[c-]1c(-c2ccccn2)sc2ccccc12.[c-]1ccccc1-c1ccccn1.[c-]1ccccc1-c1ccccn1. The molecule has 19 rings (SSSR count). The van der Waals surface area contributed by atoms with Crippen LogP contribution in [0.4, 0.5) is 8.78 Å². The van der Waals surface area contributed by atoms with Crippen LogP contribution in [0, 0.1) is 68.0 Å². The molecular weight excluding hydrogens is 2860 g/mol. The van der Waals surface area contributed by atoms with Gasteiger partial charge in [0.15, 0.2) is 17.3 Å². The number of pyridine rings is 8. The number of allylic oxidation sites excluding steroid dienone is 9. The molecule has 0 amide bonds. The summed E-state index contributed by atoms with van der Waals surface area (Å²) in [6, 6.07) is 119. The van der Waals surface area contributed by atoms with E-state index in [4.69, 9.17) is 25.4 Å². The molecule has 9 heterocycles. The molecule has 9 aromatic carbocycles. The summed E-state index contributed by atoms with van der Waals surface area (Å²) in [4.78, 5) is 75.5. The number of hydrogen-bond acceptors (Lipinski definition) is 16. The van der Waals surface area contributed by atoms with Crippen LogP contribution in [0.15, 0.2) is 388 Å². The molecule has 0 atom stereocenters. The number of aromatic nitrogens is 8. The largest absolute Gasteiger partial charge is 0.512 e. The molecule has 0 saturated heterocycles. The van der Waals surface area contributed by atoms with E-state index in [0.717, 1.165) is 108 Å². The fourth-order valence-electron chi connectivity index (χ4n) is 12.7. The van der Waals surface area contributed by atoms with Crippen LogP contribution in [-0.4, -0.2) is 83.6 Å². The van der Waals surface area contributed by atoms with Crippen molar-refractivity contribution in [2.75, 3.05) is 0 Å². The van der Waals surface area contributed by atoms with E-state index in [9.17, 15) is 28.0 Å². The number of ketones is 3. The van der Waals surface area contributed by atoms with Gasteiger partial charge in [-0.05, 0) is 162 Å². The van der Waals surface area contributed by atoms with Gasteiger partial charge in [-0.25, -0.2) is 27.2 Å². The van der Waals surface area contributed by atoms with Gasteiger partial charge in [0.1, 0.15) is 5.69 Å². The van der Waals surface area contributed by atoms with Crippen LogP contribution in [0.1, 0.15) is 101 Å². The number of carbonyl (C=O) groups excluding carboxylic acids is 3. The van der Waals surface area contributed by atoms with E-state index >= 15 is 0 Å². The number of halogens is 2. The first kappa shape index (κ1) is 122. The first-order valence-corrected chi connectivity index (χ1v) is 43.6. The van der Waals surface area contributed by atoms with Gasteiger partial charge in [0.25, 0.3) is 0 Å². The van der Waals surface area contributed by atoms with Crippen LogP contribution in [-0.2, 0) is 135 Å². The van der Waals surface area contributed by atoms with Crippen molar-refractivity contribution in [1.82, 2.24) is 39.9 Å². The third-order valence-corrected chi connectivity index (χ3v) is 19.5. The Balaban J connectivity index is 0.000000405. The number of carbonyl (C=O) groups is 4. The van der Waals surface area contributed by atoms with Crippen molar-refractivity contribution in [2.24, 2.45) is 0 Å². The van der Waals surface area contributed by atoms with Gasteiger partial charge in [-0.2, -0.15) is 5.57 Å². The van der Waals surface area contributed by atoms with Gasteiger partial charge in [-0.1, -0.05) is 213 Å². The van der Waals surface area contributed by atoms with Crippen molar-refractivity contribution in [1.29, 1.82) is 0 Å². The molecule has 0 unspecified atom stereocenters. The van der Waals surface area contributed by atoms with Gasteiger partial charge in [-0.15, -0.1) is 168 Å². The number of aromatic carboxylic acids is 1. The molecule has 0 aliphatic heterocycles. The fourth-order valence-corrected chi connectivity index (χ4v) is 13.7. The minimum absolute atomic E-state index is 0. The van der Waals surface area contributed by atoms with Crippen molar-refractivity contribution in [3.05, 3.63) is 470 Å². The van der Waals surface area contributed by atoms with Crippen molar-refractivity contribution in [3.8, 4) is 66.7 Å². The van der Waals surface area contributed by atoms with Gasteiger partial charge in [0.05, 0.1) is 22.8 Å². The van der Waals surface area contributed by atoms with E-state index in [0.29, 0.717) is 5.69 Å². The van der Waals surface area contributed by atoms with Gasteiger partial charge in [-0.3, -0.25) is 40.3 Å². The maximum absolute atomic E-state index is 13.2. The summed E-state index contributed by atoms with van der Waals surface area (Å²) in [5, 5.41) is 38.1. The standard InChI is InChI=1S/C23H18N.C14H12N.C13H8NS.C12H10N.C11H6F2N.2C11H8N.C6H5NO2.3C5H8O2.6Ir/c1-16-12-17(2)14-21(13-16)23-11-9-20-15-19(8-10-22(20)24-23)18-6-4-3-5-7-18;1-2-6-11(5-1)14-10-9-12-7-3-4-8-13(12)15-14;1-2-7-12-10(5-1)9-13(15-12)11-6-3-4-8-14-11;1-2-5-11-9-8-10-6-3-4-7-12(10)13-11;12-8-4-5-9(10(13)7-8)11-3-1-2-6-14-11;2*1-2-6-10(7-3-1)11-8-4-5-9-12-11;8-6(9)5-3-1-2-4-7-5;3*1-4(6)3-5(2)7;;;;;;/h3-13,15H,1-2H3;3-4,7-10H,1-2,5H2;1-8H;3-9H,1H3;1-4,6-7H;2*1-6,8-9H;1-4H,(H,8,9);3*3,6H,1-2H3;;;;;;/q7*-1;;;;;;;;;;. The van der Waals surface area contributed by atoms with Gasteiger partial charge < -0.3 is 50.3 Å². The Morgan fingerprint density at radius 3 is 1.33 bits per heavy atom. The zero-order valence-corrected chi connectivity index (χ0v) is 93.3. The van der Waals surface area contributed by atoms with Crippen molar-refractivity contribution in [3.63, 3.8) is 0 Å². The molecule has 1 aliphatic rings. The predicted molar refractivity (Wildman–Crippen MR) is 540 cm³/mol. The van der Waals surface area contributed by atoms with Gasteiger partial charge in [0, 0.05) is 198 Å². The Morgan fingerprint density at radius 1 is 0.404 bits per heavy atom. The average molecular weight is 2960 g/mol. The molecule has 18 aromatic rings. The Kier molecular flexibility index (Phi) is 58.7. The number of benzene rings is 9. The van der Waals surface area contributed by atoms with Gasteiger partial charge in [0.2, 0.25) is 0 Å². The molecule has 25 heteroatoms. The second-order valence-corrected chi connectivity index (χ2v) is 30.8. The Bertz CT molecular complexity index is 6710. The van der Waals surface area contributed by atoms with E-state index in [1.54, 1.807) is 60.3 Å². The Labute approximate surface area is 907 Å². The molecule has 4 N–H and O–H groups in total. The second-order valence-electron chi connectivity index (χ2n) is 29.7. The molecule has 1 aliphatic carbocycles. The Morgan fingerprint density at radius 2 is 0.872 bits per heavy atom. The molecule has 0 bridgehead atoms. The predicted octanol–water partition coefficient (Wildman–Crippen LogP) is 28.2. The average Bonchev–Trinajstić information content (AvgIpc) is 1.35. The zero-order chi connectivity index (χ0) is 96.5. The van der Waals surface area contributed by atoms with Crippen molar-refractivity contribution < 1.29 is 169 Å². The molecule has 0 fully saturated rings. The first-order valence-electron chi connectivity index (χ1n) is 42.8. The van der Waals surface area contributed by atoms with E-state index in [2.05, 4.69) is 213 Å². The molecule has 732 valence electrons. The van der Waals surface area contributed by atoms with Crippen LogP contribution in [0.2, 0.25) is 0 Å². The van der Waals surface area contributed by atoms with Gasteiger partial charge >= 0.3 is 5.97 Å². The topological polar surface area (TPSA) is 252 Å². The smallest absolute Gasteiger partial charge is 0.354 e.